The number of rotatable bonds is 7. The minimum absolute atomic E-state index is 0.0434. The molecule has 1 fully saturated rings. The normalized spacial score (nSPS) is 13.3. The highest BCUT2D eigenvalue weighted by atomic mass is 16.2. The Morgan fingerprint density at radius 3 is 2.18 bits per heavy atom. The Labute approximate surface area is 230 Å². The van der Waals surface area contributed by atoms with E-state index >= 15 is 0 Å². The van der Waals surface area contributed by atoms with Crippen LogP contribution in [0, 0.1) is 19.8 Å². The highest BCUT2D eigenvalue weighted by Crippen LogP contribution is 2.29. The van der Waals surface area contributed by atoms with E-state index in [2.05, 4.69) is 31.4 Å². The summed E-state index contributed by atoms with van der Waals surface area (Å²) in [6, 6.07) is 23.3. The van der Waals surface area contributed by atoms with E-state index in [1.807, 2.05) is 86.6 Å². The second kappa shape index (κ2) is 10.5. The molecule has 1 heterocycles. The second-order valence-electron chi connectivity index (χ2n) is 11.6. The standard InChI is InChI=1S/C33H36N4O2/c1-21-6-16-27(17-7-21)37-30(19-29(36-37)33(3,4)5)35-32(39)26-11-8-22(2)28(18-26)24-12-14-25(15-13-24)31(38)34-20-23-9-10-23/h6-8,11-19,23H,9-10,20H2,1-5H3,(H,34,38)(H,35,39). The van der Waals surface area contributed by atoms with Crippen LogP contribution in [0.25, 0.3) is 16.8 Å². The van der Waals surface area contributed by atoms with Crippen molar-refractivity contribution in [3.05, 3.63) is 101 Å². The van der Waals surface area contributed by atoms with Gasteiger partial charge in [-0.05, 0) is 85.7 Å². The first-order valence-corrected chi connectivity index (χ1v) is 13.6. The van der Waals surface area contributed by atoms with Crippen molar-refractivity contribution in [3.63, 3.8) is 0 Å². The molecule has 0 atom stereocenters. The van der Waals surface area contributed by atoms with Crippen molar-refractivity contribution >= 4 is 17.6 Å². The van der Waals surface area contributed by atoms with Crippen LogP contribution in [0.4, 0.5) is 5.82 Å². The Bertz CT molecular complexity index is 1510. The summed E-state index contributed by atoms with van der Waals surface area (Å²) >= 11 is 0. The van der Waals surface area contributed by atoms with Crippen molar-refractivity contribution < 1.29 is 9.59 Å². The van der Waals surface area contributed by atoms with Crippen molar-refractivity contribution in [3.8, 4) is 16.8 Å². The monoisotopic (exact) mass is 520 g/mol. The van der Waals surface area contributed by atoms with Gasteiger partial charge in [-0.2, -0.15) is 5.10 Å². The first kappa shape index (κ1) is 26.4. The minimum Gasteiger partial charge on any atom is -0.352 e. The lowest BCUT2D eigenvalue weighted by Gasteiger charge is -2.14. The number of hydrogen-bond donors (Lipinski definition) is 2. The average Bonchev–Trinajstić information content (AvgIpc) is 3.65. The van der Waals surface area contributed by atoms with Crippen molar-refractivity contribution in [2.45, 2.75) is 52.9 Å². The molecule has 6 nitrogen and oxygen atoms in total. The second-order valence-corrected chi connectivity index (χ2v) is 11.6. The summed E-state index contributed by atoms with van der Waals surface area (Å²) in [6.07, 6.45) is 2.41. The molecular formula is C33H36N4O2. The van der Waals surface area contributed by atoms with Gasteiger partial charge in [0.1, 0.15) is 5.82 Å². The Morgan fingerprint density at radius 1 is 0.872 bits per heavy atom. The van der Waals surface area contributed by atoms with Gasteiger partial charge in [0.15, 0.2) is 0 Å². The van der Waals surface area contributed by atoms with Gasteiger partial charge in [0.05, 0.1) is 11.4 Å². The molecule has 1 aliphatic rings. The van der Waals surface area contributed by atoms with Gasteiger partial charge in [0.25, 0.3) is 11.8 Å². The number of aromatic nitrogens is 2. The van der Waals surface area contributed by atoms with Crippen LogP contribution in [-0.4, -0.2) is 28.1 Å². The third-order valence-electron chi connectivity index (χ3n) is 7.20. The summed E-state index contributed by atoms with van der Waals surface area (Å²) in [5.41, 5.74) is 6.93. The zero-order valence-corrected chi connectivity index (χ0v) is 23.3. The van der Waals surface area contributed by atoms with Crippen molar-refractivity contribution in [1.82, 2.24) is 15.1 Å². The molecule has 1 aromatic heterocycles. The molecule has 200 valence electrons. The van der Waals surface area contributed by atoms with Gasteiger partial charge in [0, 0.05) is 29.2 Å². The van der Waals surface area contributed by atoms with Crippen LogP contribution >= 0.6 is 0 Å². The lowest BCUT2D eigenvalue weighted by atomic mass is 9.92. The number of nitrogens with zero attached hydrogens (tertiary/aromatic N) is 2. The fourth-order valence-corrected chi connectivity index (χ4v) is 4.44. The molecule has 0 unspecified atom stereocenters. The summed E-state index contributed by atoms with van der Waals surface area (Å²) < 4.78 is 1.79. The largest absolute Gasteiger partial charge is 0.352 e. The maximum atomic E-state index is 13.5. The number of carbonyl (C=O) groups is 2. The third kappa shape index (κ3) is 6.11. The third-order valence-corrected chi connectivity index (χ3v) is 7.20. The average molecular weight is 521 g/mol. The highest BCUT2D eigenvalue weighted by molar-refractivity contribution is 6.05. The van der Waals surface area contributed by atoms with E-state index in [0.717, 1.165) is 40.2 Å². The fourth-order valence-electron chi connectivity index (χ4n) is 4.44. The van der Waals surface area contributed by atoms with E-state index in [1.54, 1.807) is 4.68 Å². The van der Waals surface area contributed by atoms with Gasteiger partial charge in [-0.3, -0.25) is 9.59 Å². The van der Waals surface area contributed by atoms with E-state index in [9.17, 15) is 9.59 Å². The Balaban J connectivity index is 1.39. The fraction of sp³-hybridized carbons (Fsp3) is 0.303. The molecule has 2 N–H and O–H groups in total. The minimum atomic E-state index is -0.207. The molecule has 6 heteroatoms. The molecule has 2 amide bonds. The molecule has 0 bridgehead atoms. The van der Waals surface area contributed by atoms with E-state index in [4.69, 9.17) is 5.10 Å². The van der Waals surface area contributed by atoms with Gasteiger partial charge in [-0.25, -0.2) is 4.68 Å². The summed E-state index contributed by atoms with van der Waals surface area (Å²) in [5.74, 6) is 1.01. The maximum Gasteiger partial charge on any atom is 0.256 e. The molecule has 0 spiro atoms. The molecule has 1 aliphatic carbocycles. The molecule has 0 saturated heterocycles. The number of anilines is 1. The van der Waals surface area contributed by atoms with Gasteiger partial charge >= 0.3 is 0 Å². The maximum absolute atomic E-state index is 13.5. The van der Waals surface area contributed by atoms with E-state index in [-0.39, 0.29) is 17.2 Å². The quantitative estimate of drug-likeness (QED) is 0.280. The SMILES string of the molecule is Cc1ccc(-n2nc(C(C)(C)C)cc2NC(=O)c2ccc(C)c(-c3ccc(C(=O)NCC4CC4)cc3)c2)cc1. The van der Waals surface area contributed by atoms with Crippen LogP contribution in [0.1, 0.15) is 71.1 Å². The Kier molecular flexibility index (Phi) is 7.13. The number of nitrogens with one attached hydrogen (secondary N) is 2. The van der Waals surface area contributed by atoms with Crippen molar-refractivity contribution in [2.75, 3.05) is 11.9 Å². The van der Waals surface area contributed by atoms with Gasteiger partial charge in [-0.15, -0.1) is 0 Å². The van der Waals surface area contributed by atoms with E-state index in [0.29, 0.717) is 22.9 Å². The molecule has 4 aromatic rings. The Morgan fingerprint density at radius 2 is 1.54 bits per heavy atom. The predicted molar refractivity (Wildman–Crippen MR) is 157 cm³/mol. The first-order valence-electron chi connectivity index (χ1n) is 13.6. The van der Waals surface area contributed by atoms with Crippen LogP contribution in [0.3, 0.4) is 0 Å². The van der Waals surface area contributed by atoms with Gasteiger partial charge in [0.2, 0.25) is 0 Å². The molecule has 0 aliphatic heterocycles. The summed E-state index contributed by atoms with van der Waals surface area (Å²) in [6.45, 7) is 11.1. The molecular weight excluding hydrogens is 484 g/mol. The zero-order valence-electron chi connectivity index (χ0n) is 23.3. The van der Waals surface area contributed by atoms with Crippen LogP contribution in [0.2, 0.25) is 0 Å². The van der Waals surface area contributed by atoms with Crippen LogP contribution in [0.15, 0.2) is 72.8 Å². The molecule has 0 radical (unpaired) electrons. The molecule has 1 saturated carbocycles. The van der Waals surface area contributed by atoms with Crippen molar-refractivity contribution in [1.29, 1.82) is 0 Å². The smallest absolute Gasteiger partial charge is 0.256 e. The summed E-state index contributed by atoms with van der Waals surface area (Å²) in [4.78, 5) is 25.9. The molecule has 3 aromatic carbocycles. The van der Waals surface area contributed by atoms with Gasteiger partial charge in [-0.1, -0.05) is 56.7 Å². The topological polar surface area (TPSA) is 76.0 Å². The lowest BCUT2D eigenvalue weighted by Crippen LogP contribution is -2.25. The number of carbonyl (C=O) groups excluding carboxylic acids is 2. The first-order chi connectivity index (χ1) is 18.6. The van der Waals surface area contributed by atoms with E-state index in [1.165, 1.54) is 12.8 Å². The van der Waals surface area contributed by atoms with Crippen LogP contribution < -0.4 is 10.6 Å². The summed E-state index contributed by atoms with van der Waals surface area (Å²) in [5, 5.41) is 10.9. The van der Waals surface area contributed by atoms with Crippen LogP contribution in [0.5, 0.6) is 0 Å². The number of aryl methyl sites for hydroxylation is 2. The number of amides is 2. The lowest BCUT2D eigenvalue weighted by molar-refractivity contribution is 0.0951. The zero-order chi connectivity index (χ0) is 27.7. The summed E-state index contributed by atoms with van der Waals surface area (Å²) in [7, 11) is 0. The van der Waals surface area contributed by atoms with E-state index < -0.39 is 0 Å². The highest BCUT2D eigenvalue weighted by Gasteiger charge is 2.23. The number of hydrogen-bond acceptors (Lipinski definition) is 3. The number of benzene rings is 3. The predicted octanol–water partition coefficient (Wildman–Crippen LogP) is 6.85. The molecule has 39 heavy (non-hydrogen) atoms. The van der Waals surface area contributed by atoms with Gasteiger partial charge < -0.3 is 10.6 Å². The molecule has 5 rings (SSSR count). The Hall–Kier alpha value is -4.19. The van der Waals surface area contributed by atoms with Crippen molar-refractivity contribution in [2.24, 2.45) is 5.92 Å². The van der Waals surface area contributed by atoms with Crippen LogP contribution in [-0.2, 0) is 5.41 Å².